The van der Waals surface area contributed by atoms with Crippen LogP contribution in [-0.2, 0) is 31.1 Å². The molecule has 1 aromatic heterocycles. The summed E-state index contributed by atoms with van der Waals surface area (Å²) in [5.74, 6) is -3.00. The number of carbonyl (C=O) groups excluding carboxylic acids is 4. The number of esters is 1. The number of imide groups is 1. The zero-order valence-corrected chi connectivity index (χ0v) is 20.9. The van der Waals surface area contributed by atoms with Crippen molar-refractivity contribution in [3.63, 3.8) is 0 Å². The first-order chi connectivity index (χ1) is 18.9. The van der Waals surface area contributed by atoms with Crippen molar-refractivity contribution in [2.45, 2.75) is 24.9 Å². The van der Waals surface area contributed by atoms with Gasteiger partial charge in [-0.25, -0.2) is 4.90 Å². The van der Waals surface area contributed by atoms with Crippen LogP contribution in [0.2, 0.25) is 0 Å². The molecule has 2 fully saturated rings. The molecule has 0 saturated carbocycles. The molecule has 39 heavy (non-hydrogen) atoms. The Bertz CT molecular complexity index is 1690. The van der Waals surface area contributed by atoms with Gasteiger partial charge in [-0.2, -0.15) is 0 Å². The van der Waals surface area contributed by atoms with Crippen molar-refractivity contribution < 1.29 is 23.9 Å². The molecule has 4 aromatic rings. The first-order valence-corrected chi connectivity index (χ1v) is 12.8. The van der Waals surface area contributed by atoms with Gasteiger partial charge in [-0.15, -0.1) is 0 Å². The molecule has 0 bridgehead atoms. The molecule has 3 aliphatic rings. The van der Waals surface area contributed by atoms with Crippen LogP contribution in [0.25, 0.3) is 10.9 Å². The fourth-order valence-electron chi connectivity index (χ4n) is 6.55. The van der Waals surface area contributed by atoms with Gasteiger partial charge < -0.3 is 15.0 Å². The molecule has 9 heteroatoms. The molecule has 0 unspecified atom stereocenters. The van der Waals surface area contributed by atoms with Crippen LogP contribution >= 0.6 is 0 Å². The van der Waals surface area contributed by atoms with Crippen LogP contribution < -0.4 is 20.3 Å². The average Bonchev–Trinajstić information content (AvgIpc) is 3.63. The summed E-state index contributed by atoms with van der Waals surface area (Å²) in [5, 5.41) is 7.45. The zero-order chi connectivity index (χ0) is 26.9. The molecule has 3 aliphatic heterocycles. The van der Waals surface area contributed by atoms with Crippen molar-refractivity contribution in [1.29, 1.82) is 0 Å². The highest BCUT2D eigenvalue weighted by atomic mass is 16.5. The van der Waals surface area contributed by atoms with Crippen LogP contribution in [0.15, 0.2) is 79.0 Å². The van der Waals surface area contributed by atoms with Gasteiger partial charge in [0, 0.05) is 41.3 Å². The molecule has 0 aliphatic carbocycles. The number of nitrogens with one attached hydrogen (secondary N) is 3. The quantitative estimate of drug-likeness (QED) is 0.216. The van der Waals surface area contributed by atoms with Crippen LogP contribution in [0.5, 0.6) is 5.75 Å². The molecule has 1 spiro atoms. The SMILES string of the molecule is CC(=O)Oc1ccc(N2C(=O)[C@H]3[C@@H](C2=O)[C@]2(N[C@@H]3Cc3c[nH]c4ccccc34)C(=O)Nc3ccccc32)cc1. The maximum Gasteiger partial charge on any atom is 0.308 e. The van der Waals surface area contributed by atoms with E-state index in [4.69, 9.17) is 4.74 Å². The van der Waals surface area contributed by atoms with Crippen LogP contribution in [0, 0.1) is 11.8 Å². The molecule has 3 N–H and O–H groups in total. The molecule has 3 amide bonds. The van der Waals surface area contributed by atoms with Crippen LogP contribution in [0.1, 0.15) is 18.1 Å². The van der Waals surface area contributed by atoms with Crippen LogP contribution in [0.3, 0.4) is 0 Å². The second-order valence-electron chi connectivity index (χ2n) is 10.2. The van der Waals surface area contributed by atoms with Crippen molar-refractivity contribution >= 4 is 46.0 Å². The van der Waals surface area contributed by atoms with Crippen molar-refractivity contribution in [1.82, 2.24) is 10.3 Å². The number of fused-ring (bicyclic) bond motifs is 5. The summed E-state index contributed by atoms with van der Waals surface area (Å²) in [6.07, 6.45) is 2.36. The molecule has 4 atom stereocenters. The maximum atomic E-state index is 14.1. The number of benzene rings is 3. The van der Waals surface area contributed by atoms with E-state index >= 15 is 0 Å². The zero-order valence-electron chi connectivity index (χ0n) is 20.9. The lowest BCUT2D eigenvalue weighted by molar-refractivity contribution is -0.132. The number of nitrogens with zero attached hydrogens (tertiary/aromatic N) is 1. The summed E-state index contributed by atoms with van der Waals surface area (Å²) in [7, 11) is 0. The summed E-state index contributed by atoms with van der Waals surface area (Å²) in [6.45, 7) is 1.30. The summed E-state index contributed by atoms with van der Waals surface area (Å²) >= 11 is 0. The number of aromatic nitrogens is 1. The predicted octanol–water partition coefficient (Wildman–Crippen LogP) is 3.26. The van der Waals surface area contributed by atoms with Gasteiger partial charge in [-0.3, -0.25) is 24.5 Å². The first kappa shape index (κ1) is 23.4. The highest BCUT2D eigenvalue weighted by Crippen LogP contribution is 2.54. The van der Waals surface area contributed by atoms with Gasteiger partial charge in [0.15, 0.2) is 0 Å². The lowest BCUT2D eigenvalue weighted by atomic mass is 9.76. The number of hydrogen-bond acceptors (Lipinski definition) is 6. The molecule has 3 aromatic carbocycles. The fraction of sp³-hybridized carbons (Fsp3) is 0.200. The van der Waals surface area contributed by atoms with Gasteiger partial charge in [-0.05, 0) is 48.4 Å². The van der Waals surface area contributed by atoms with E-state index in [9.17, 15) is 19.2 Å². The number of ether oxygens (including phenoxy) is 1. The Morgan fingerprint density at radius 3 is 2.49 bits per heavy atom. The van der Waals surface area contributed by atoms with Crippen LogP contribution in [0.4, 0.5) is 11.4 Å². The van der Waals surface area contributed by atoms with Crippen molar-refractivity contribution in [2.75, 3.05) is 10.2 Å². The molecule has 194 valence electrons. The van der Waals surface area contributed by atoms with E-state index in [0.29, 0.717) is 29.1 Å². The Balaban J connectivity index is 1.33. The molecular weight excluding hydrogens is 496 g/mol. The molecule has 7 rings (SSSR count). The Morgan fingerprint density at radius 2 is 1.69 bits per heavy atom. The predicted molar refractivity (Wildman–Crippen MR) is 143 cm³/mol. The summed E-state index contributed by atoms with van der Waals surface area (Å²) in [6, 6.07) is 21.0. The molecule has 2 saturated heterocycles. The number of rotatable bonds is 4. The largest absolute Gasteiger partial charge is 0.427 e. The second kappa shape index (κ2) is 8.37. The Kier molecular flexibility index (Phi) is 5.02. The van der Waals surface area contributed by atoms with E-state index in [0.717, 1.165) is 16.5 Å². The maximum absolute atomic E-state index is 14.1. The highest BCUT2D eigenvalue weighted by molar-refractivity contribution is 6.25. The third kappa shape index (κ3) is 3.29. The molecular formula is C30H24N4O5. The van der Waals surface area contributed by atoms with Crippen molar-refractivity contribution in [3.8, 4) is 5.75 Å². The minimum Gasteiger partial charge on any atom is -0.427 e. The highest BCUT2D eigenvalue weighted by Gasteiger charge is 2.70. The molecule has 4 heterocycles. The summed E-state index contributed by atoms with van der Waals surface area (Å²) < 4.78 is 5.11. The van der Waals surface area contributed by atoms with Gasteiger partial charge in [-0.1, -0.05) is 36.4 Å². The summed E-state index contributed by atoms with van der Waals surface area (Å²) in [5.41, 5.74) is 2.25. The first-order valence-electron chi connectivity index (χ1n) is 12.8. The number of carbonyl (C=O) groups is 4. The van der Waals surface area contributed by atoms with Gasteiger partial charge >= 0.3 is 5.97 Å². The number of anilines is 2. The normalized spacial score (nSPS) is 25.3. The van der Waals surface area contributed by atoms with E-state index in [-0.39, 0.29) is 11.8 Å². The number of aromatic amines is 1. The second-order valence-corrected chi connectivity index (χ2v) is 10.2. The Hall–Kier alpha value is -4.76. The van der Waals surface area contributed by atoms with Gasteiger partial charge in [0.1, 0.15) is 11.3 Å². The van der Waals surface area contributed by atoms with Crippen molar-refractivity contribution in [3.05, 3.63) is 90.1 Å². The average molecular weight is 521 g/mol. The molecule has 0 radical (unpaired) electrons. The molecule has 9 nitrogen and oxygen atoms in total. The van der Waals surface area contributed by atoms with E-state index in [1.165, 1.54) is 11.8 Å². The Morgan fingerprint density at radius 1 is 0.949 bits per heavy atom. The van der Waals surface area contributed by atoms with Gasteiger partial charge in [0.05, 0.1) is 17.5 Å². The third-order valence-electron chi connectivity index (χ3n) is 8.09. The van der Waals surface area contributed by atoms with Crippen molar-refractivity contribution in [2.24, 2.45) is 11.8 Å². The minimum atomic E-state index is -1.38. The topological polar surface area (TPSA) is 121 Å². The van der Waals surface area contributed by atoms with Gasteiger partial charge in [0.2, 0.25) is 17.7 Å². The van der Waals surface area contributed by atoms with Crippen LogP contribution in [-0.4, -0.2) is 34.7 Å². The lowest BCUT2D eigenvalue weighted by Crippen LogP contribution is -2.53. The van der Waals surface area contributed by atoms with E-state index in [1.807, 2.05) is 48.7 Å². The third-order valence-corrected chi connectivity index (χ3v) is 8.09. The lowest BCUT2D eigenvalue weighted by Gasteiger charge is -2.29. The summed E-state index contributed by atoms with van der Waals surface area (Å²) in [4.78, 5) is 57.7. The number of para-hydroxylation sites is 2. The standard InChI is InChI=1S/C30H24N4O5/c1-16(35)39-19-12-10-18(11-13-19)34-27(36)25-24(14-17-15-31-22-8-4-2-6-20(17)22)33-30(26(25)28(34)37)21-7-3-5-9-23(21)32-29(30)38/h2-13,15,24-26,31,33H,14H2,1H3,(H,32,38)/t24-,25-,26+,30+/m1/s1. The van der Waals surface area contributed by atoms with Gasteiger partial charge in [0.25, 0.3) is 0 Å². The number of amides is 3. The van der Waals surface area contributed by atoms with E-state index in [1.54, 1.807) is 30.3 Å². The number of hydrogen-bond donors (Lipinski definition) is 3. The fourth-order valence-corrected chi connectivity index (χ4v) is 6.55. The van der Waals surface area contributed by atoms with E-state index < -0.39 is 35.3 Å². The number of H-pyrrole nitrogens is 1. The minimum absolute atomic E-state index is 0.310. The van der Waals surface area contributed by atoms with E-state index in [2.05, 4.69) is 15.6 Å². The smallest absolute Gasteiger partial charge is 0.308 e. The Labute approximate surface area is 223 Å². The monoisotopic (exact) mass is 520 g/mol.